The summed E-state index contributed by atoms with van der Waals surface area (Å²) in [6.07, 6.45) is 1.76. The van der Waals surface area contributed by atoms with Crippen molar-refractivity contribution in [3.63, 3.8) is 0 Å². The summed E-state index contributed by atoms with van der Waals surface area (Å²) < 4.78 is 12.2. The monoisotopic (exact) mass is 586 g/mol. The Bertz CT molecular complexity index is 1390. The van der Waals surface area contributed by atoms with Gasteiger partial charge in [-0.1, -0.05) is 23.7 Å². The van der Waals surface area contributed by atoms with E-state index in [9.17, 15) is 9.59 Å². The summed E-state index contributed by atoms with van der Waals surface area (Å²) in [5.74, 6) is -0.162. The number of carbonyl (C=O) groups is 2. The van der Waals surface area contributed by atoms with Gasteiger partial charge < -0.3 is 14.6 Å². The summed E-state index contributed by atoms with van der Waals surface area (Å²) in [4.78, 5) is 30.3. The maximum absolute atomic E-state index is 12.8. The van der Waals surface area contributed by atoms with E-state index in [1.54, 1.807) is 44.5 Å². The highest BCUT2D eigenvalue weighted by Gasteiger charge is 2.30. The van der Waals surface area contributed by atoms with Gasteiger partial charge in [-0.15, -0.1) is 0 Å². The molecule has 0 unspecified atom stereocenters. The number of halogens is 2. The summed E-state index contributed by atoms with van der Waals surface area (Å²) in [6.45, 7) is 0.308. The number of methoxy groups -OCH3 is 1. The standard InChI is InChI=1S/C26H20BrClN2O5S/c1-30-24(31)22(36-26(30)29-19-8-6-17(7-9-19)25(32)33)13-16-11-20(27)23(21(12-16)34-2)35-14-15-4-3-5-18(28)10-15/h3-13H,14H2,1-2H3,(H,32,33). The normalized spacial score (nSPS) is 15.6. The van der Waals surface area contributed by atoms with Gasteiger partial charge in [-0.3, -0.25) is 9.69 Å². The van der Waals surface area contributed by atoms with Gasteiger partial charge in [-0.05, 0) is 93.4 Å². The van der Waals surface area contributed by atoms with Crippen molar-refractivity contribution in [3.05, 3.63) is 91.8 Å². The molecule has 0 aromatic heterocycles. The second-order valence-corrected chi connectivity index (χ2v) is 9.97. The van der Waals surface area contributed by atoms with Gasteiger partial charge in [0.25, 0.3) is 5.91 Å². The van der Waals surface area contributed by atoms with Crippen LogP contribution >= 0.6 is 39.3 Å². The summed E-state index contributed by atoms with van der Waals surface area (Å²) in [5.41, 5.74) is 2.38. The Kier molecular flexibility index (Phi) is 8.03. The van der Waals surface area contributed by atoms with Gasteiger partial charge in [0.05, 0.1) is 27.7 Å². The van der Waals surface area contributed by atoms with Crippen LogP contribution in [0.25, 0.3) is 6.08 Å². The zero-order valence-corrected chi connectivity index (χ0v) is 22.4. The smallest absolute Gasteiger partial charge is 0.335 e. The number of aromatic carboxylic acids is 1. The number of thioether (sulfide) groups is 1. The fourth-order valence-corrected chi connectivity index (χ4v) is 5.11. The predicted molar refractivity (Wildman–Crippen MR) is 145 cm³/mol. The van der Waals surface area contributed by atoms with E-state index in [4.69, 9.17) is 26.2 Å². The lowest BCUT2D eigenvalue weighted by atomic mass is 10.1. The van der Waals surface area contributed by atoms with E-state index >= 15 is 0 Å². The van der Waals surface area contributed by atoms with E-state index < -0.39 is 5.97 Å². The first-order chi connectivity index (χ1) is 17.2. The first-order valence-corrected chi connectivity index (χ1v) is 12.6. The number of amidine groups is 1. The lowest BCUT2D eigenvalue weighted by Gasteiger charge is -2.14. The van der Waals surface area contributed by atoms with Crippen molar-refractivity contribution in [3.8, 4) is 11.5 Å². The average Bonchev–Trinajstić information content (AvgIpc) is 3.11. The molecule has 0 spiro atoms. The zero-order valence-electron chi connectivity index (χ0n) is 19.2. The topological polar surface area (TPSA) is 88.4 Å². The molecule has 1 amide bonds. The number of rotatable bonds is 7. The second kappa shape index (κ2) is 11.2. The third-order valence-corrected chi connectivity index (χ3v) is 7.05. The number of carboxylic acid groups (broad SMARTS) is 1. The minimum atomic E-state index is -1.01. The first-order valence-electron chi connectivity index (χ1n) is 10.6. The molecule has 10 heteroatoms. The molecular formula is C26H20BrClN2O5S. The van der Waals surface area contributed by atoms with Crippen molar-refractivity contribution < 1.29 is 24.2 Å². The maximum atomic E-state index is 12.8. The molecule has 1 aliphatic heterocycles. The molecule has 1 fully saturated rings. The molecule has 0 radical (unpaired) electrons. The van der Waals surface area contributed by atoms with E-state index in [0.29, 0.717) is 43.4 Å². The molecule has 3 aromatic carbocycles. The Balaban J connectivity index is 1.55. The van der Waals surface area contributed by atoms with Gasteiger partial charge in [0.1, 0.15) is 6.61 Å². The van der Waals surface area contributed by atoms with Gasteiger partial charge in [0.15, 0.2) is 16.7 Å². The van der Waals surface area contributed by atoms with Gasteiger partial charge in [0, 0.05) is 12.1 Å². The van der Waals surface area contributed by atoms with Crippen molar-refractivity contribution in [2.24, 2.45) is 4.99 Å². The molecule has 1 N–H and O–H groups in total. The van der Waals surface area contributed by atoms with Crippen LogP contribution in [0.4, 0.5) is 5.69 Å². The van der Waals surface area contributed by atoms with Crippen molar-refractivity contribution in [2.45, 2.75) is 6.61 Å². The van der Waals surface area contributed by atoms with Gasteiger partial charge in [0.2, 0.25) is 0 Å². The molecule has 36 heavy (non-hydrogen) atoms. The minimum Gasteiger partial charge on any atom is -0.493 e. The second-order valence-electron chi connectivity index (χ2n) is 7.67. The van der Waals surface area contributed by atoms with E-state index in [1.165, 1.54) is 28.8 Å². The van der Waals surface area contributed by atoms with Crippen LogP contribution in [0.15, 0.2) is 75.0 Å². The van der Waals surface area contributed by atoms with Gasteiger partial charge >= 0.3 is 5.97 Å². The average molecular weight is 588 g/mol. The summed E-state index contributed by atoms with van der Waals surface area (Å²) >= 11 is 10.8. The Morgan fingerprint density at radius 3 is 2.61 bits per heavy atom. The van der Waals surface area contributed by atoms with Crippen LogP contribution in [0.1, 0.15) is 21.5 Å². The first kappa shape index (κ1) is 25.8. The molecule has 3 aromatic rings. The molecule has 0 atom stereocenters. The number of aliphatic imine (C=N–C) groups is 1. The number of likely N-dealkylation sites (N-methyl/N-ethyl adjacent to an activating group) is 1. The van der Waals surface area contributed by atoms with Crippen molar-refractivity contribution >= 4 is 68.1 Å². The third kappa shape index (κ3) is 5.92. The van der Waals surface area contributed by atoms with Crippen molar-refractivity contribution in [1.29, 1.82) is 0 Å². The molecule has 184 valence electrons. The van der Waals surface area contributed by atoms with Crippen LogP contribution < -0.4 is 9.47 Å². The molecule has 1 heterocycles. The van der Waals surface area contributed by atoms with Crippen LogP contribution in [0.5, 0.6) is 11.5 Å². The highest BCUT2D eigenvalue weighted by molar-refractivity contribution is 9.10. The maximum Gasteiger partial charge on any atom is 0.335 e. The SMILES string of the molecule is COc1cc(C=C2SC(=Nc3ccc(C(=O)O)cc3)N(C)C2=O)cc(Br)c1OCc1cccc(Cl)c1. The van der Waals surface area contributed by atoms with E-state index in [-0.39, 0.29) is 11.5 Å². The molecule has 7 nitrogen and oxygen atoms in total. The lowest BCUT2D eigenvalue weighted by molar-refractivity contribution is -0.121. The van der Waals surface area contributed by atoms with Crippen LogP contribution in [0.2, 0.25) is 5.02 Å². The molecule has 0 aliphatic carbocycles. The van der Waals surface area contributed by atoms with E-state index in [0.717, 1.165) is 11.1 Å². The number of nitrogens with zero attached hydrogens (tertiary/aromatic N) is 2. The fraction of sp³-hybridized carbons (Fsp3) is 0.115. The minimum absolute atomic E-state index is 0.169. The van der Waals surface area contributed by atoms with Crippen LogP contribution in [-0.2, 0) is 11.4 Å². The summed E-state index contributed by atoms with van der Waals surface area (Å²) in [5, 5.41) is 10.2. The molecule has 0 saturated carbocycles. The number of carbonyl (C=O) groups excluding carboxylic acids is 1. The van der Waals surface area contributed by atoms with Crippen LogP contribution in [0.3, 0.4) is 0 Å². The largest absolute Gasteiger partial charge is 0.493 e. The number of benzene rings is 3. The van der Waals surface area contributed by atoms with E-state index in [2.05, 4.69) is 20.9 Å². The highest BCUT2D eigenvalue weighted by Crippen LogP contribution is 2.39. The Morgan fingerprint density at radius 2 is 1.94 bits per heavy atom. The third-order valence-electron chi connectivity index (χ3n) is 5.16. The fourth-order valence-electron chi connectivity index (χ4n) is 3.34. The van der Waals surface area contributed by atoms with Gasteiger partial charge in [-0.25, -0.2) is 9.79 Å². The predicted octanol–water partition coefficient (Wildman–Crippen LogP) is 6.62. The lowest BCUT2D eigenvalue weighted by Crippen LogP contribution is -2.23. The number of ether oxygens (including phenoxy) is 2. The van der Waals surface area contributed by atoms with E-state index in [1.807, 2.05) is 24.3 Å². The van der Waals surface area contributed by atoms with Crippen LogP contribution in [-0.4, -0.2) is 41.2 Å². The number of hydrogen-bond donors (Lipinski definition) is 1. The van der Waals surface area contributed by atoms with Crippen molar-refractivity contribution in [1.82, 2.24) is 4.90 Å². The molecule has 1 saturated heterocycles. The number of hydrogen-bond acceptors (Lipinski definition) is 6. The van der Waals surface area contributed by atoms with Crippen LogP contribution in [0, 0.1) is 0 Å². The summed E-state index contributed by atoms with van der Waals surface area (Å²) in [6, 6.07) is 17.2. The highest BCUT2D eigenvalue weighted by atomic mass is 79.9. The van der Waals surface area contributed by atoms with Crippen molar-refractivity contribution in [2.75, 3.05) is 14.2 Å². The zero-order chi connectivity index (χ0) is 25.8. The molecule has 0 bridgehead atoms. The molecule has 1 aliphatic rings. The molecule has 4 rings (SSSR count). The molecular weight excluding hydrogens is 568 g/mol. The Hall–Kier alpha value is -3.27. The Morgan fingerprint density at radius 1 is 1.19 bits per heavy atom. The number of carboxylic acids is 1. The number of amides is 1. The summed E-state index contributed by atoms with van der Waals surface area (Å²) in [7, 11) is 3.19. The Labute approximate surface area is 225 Å². The van der Waals surface area contributed by atoms with Gasteiger partial charge in [-0.2, -0.15) is 0 Å². The quantitative estimate of drug-likeness (QED) is 0.313.